The molecule has 108 valence electrons. The summed E-state index contributed by atoms with van der Waals surface area (Å²) in [4.78, 5) is 16.2. The molecule has 1 amide bonds. The molecule has 1 fully saturated rings. The molecule has 0 aromatic rings. The van der Waals surface area contributed by atoms with E-state index in [0.717, 1.165) is 26.1 Å². The maximum absolute atomic E-state index is 11.9. The third-order valence-corrected chi connectivity index (χ3v) is 4.08. The lowest BCUT2D eigenvalue weighted by Gasteiger charge is -2.30. The molecule has 0 saturated carbocycles. The van der Waals surface area contributed by atoms with Crippen LogP contribution in [-0.2, 0) is 4.79 Å². The van der Waals surface area contributed by atoms with Crippen LogP contribution in [0.25, 0.3) is 0 Å². The third kappa shape index (κ3) is 4.83. The Morgan fingerprint density at radius 1 is 1.47 bits per heavy atom. The predicted octanol–water partition coefficient (Wildman–Crippen LogP) is 2.26. The summed E-state index contributed by atoms with van der Waals surface area (Å²) in [5.74, 6) is 0.537. The van der Waals surface area contributed by atoms with Gasteiger partial charge in [0.25, 0.3) is 0 Å². The number of amides is 1. The summed E-state index contributed by atoms with van der Waals surface area (Å²) in [5, 5.41) is 8.67. The van der Waals surface area contributed by atoms with Crippen LogP contribution in [0.15, 0.2) is 0 Å². The predicted molar refractivity (Wildman–Crippen MR) is 76.5 cm³/mol. The number of likely N-dealkylation sites (N-methyl/N-ethyl adjacent to an activating group) is 1. The minimum atomic E-state index is -0.00110. The number of carbonyl (C=O) groups excluding carboxylic acids is 1. The highest BCUT2D eigenvalue weighted by molar-refractivity contribution is 5.78. The van der Waals surface area contributed by atoms with Gasteiger partial charge in [-0.1, -0.05) is 26.7 Å². The highest BCUT2D eigenvalue weighted by Gasteiger charge is 2.34. The maximum atomic E-state index is 11.9. The van der Waals surface area contributed by atoms with Gasteiger partial charge in [-0.25, -0.2) is 0 Å². The molecule has 0 aromatic carbocycles. The number of unbranched alkanes of at least 4 members (excludes halogenated alkanes) is 2. The van der Waals surface area contributed by atoms with E-state index in [9.17, 15) is 4.79 Å². The molecule has 0 N–H and O–H groups in total. The Hall–Kier alpha value is -1.08. The van der Waals surface area contributed by atoms with Crippen LogP contribution in [0, 0.1) is 17.2 Å². The zero-order valence-corrected chi connectivity index (χ0v) is 12.6. The molecule has 1 heterocycles. The van der Waals surface area contributed by atoms with E-state index in [1.807, 2.05) is 11.0 Å². The number of rotatable bonds is 7. The Morgan fingerprint density at radius 3 is 2.84 bits per heavy atom. The number of nitrogens with zero attached hydrogens (tertiary/aromatic N) is 3. The van der Waals surface area contributed by atoms with E-state index in [-0.39, 0.29) is 18.4 Å². The van der Waals surface area contributed by atoms with Crippen LogP contribution in [0.3, 0.4) is 0 Å². The van der Waals surface area contributed by atoms with Crippen molar-refractivity contribution in [2.75, 3.05) is 26.7 Å². The van der Waals surface area contributed by atoms with Gasteiger partial charge in [0.2, 0.25) is 5.91 Å². The molecule has 0 radical (unpaired) electrons. The lowest BCUT2D eigenvalue weighted by Crippen LogP contribution is -2.44. The Balaban J connectivity index is 2.48. The first-order valence-corrected chi connectivity index (χ1v) is 7.45. The van der Waals surface area contributed by atoms with Gasteiger partial charge in [0.15, 0.2) is 0 Å². The molecule has 0 bridgehead atoms. The Morgan fingerprint density at radius 2 is 2.21 bits per heavy atom. The van der Waals surface area contributed by atoms with Gasteiger partial charge in [0.05, 0.1) is 6.07 Å². The van der Waals surface area contributed by atoms with Gasteiger partial charge >= 0.3 is 0 Å². The van der Waals surface area contributed by atoms with Crippen LogP contribution in [0.1, 0.15) is 46.0 Å². The van der Waals surface area contributed by atoms with E-state index in [2.05, 4.69) is 25.8 Å². The fourth-order valence-corrected chi connectivity index (χ4v) is 2.81. The van der Waals surface area contributed by atoms with Crippen molar-refractivity contribution in [1.29, 1.82) is 5.26 Å². The van der Waals surface area contributed by atoms with Crippen LogP contribution >= 0.6 is 0 Å². The van der Waals surface area contributed by atoms with Crippen molar-refractivity contribution in [3.63, 3.8) is 0 Å². The standard InChI is InChI=1S/C15H27N3O/c1-4-5-6-10-17(3)12-14-13(2)8-11-18(14)15(19)7-9-16/h13-14H,4-8,10-12H2,1-3H3. The first-order chi connectivity index (χ1) is 9.10. The molecule has 1 saturated heterocycles. The van der Waals surface area contributed by atoms with Crippen molar-refractivity contribution in [2.24, 2.45) is 5.92 Å². The van der Waals surface area contributed by atoms with Crippen LogP contribution in [0.5, 0.6) is 0 Å². The number of carbonyl (C=O) groups is 1. The highest BCUT2D eigenvalue weighted by Crippen LogP contribution is 2.25. The summed E-state index contributed by atoms with van der Waals surface area (Å²) < 4.78 is 0. The molecule has 0 aliphatic carbocycles. The van der Waals surface area contributed by atoms with Crippen molar-refractivity contribution in [2.45, 2.75) is 52.0 Å². The minimum absolute atomic E-state index is 0.00110. The van der Waals surface area contributed by atoms with Gasteiger partial charge in [-0.05, 0) is 32.4 Å². The van der Waals surface area contributed by atoms with Crippen molar-refractivity contribution in [1.82, 2.24) is 9.80 Å². The normalized spacial score (nSPS) is 22.8. The molecule has 1 aliphatic heterocycles. The van der Waals surface area contributed by atoms with Gasteiger partial charge in [-0.2, -0.15) is 5.26 Å². The Labute approximate surface area is 117 Å². The molecule has 19 heavy (non-hydrogen) atoms. The molecule has 1 rings (SSSR count). The van der Waals surface area contributed by atoms with Crippen molar-refractivity contribution >= 4 is 5.91 Å². The fraction of sp³-hybridized carbons (Fsp3) is 0.867. The summed E-state index contributed by atoms with van der Waals surface area (Å²) in [6.07, 6.45) is 4.80. The Bertz CT molecular complexity index is 324. The molecule has 4 nitrogen and oxygen atoms in total. The van der Waals surface area contributed by atoms with Gasteiger partial charge < -0.3 is 9.80 Å². The summed E-state index contributed by atoms with van der Waals surface area (Å²) in [7, 11) is 2.13. The largest absolute Gasteiger partial charge is 0.337 e. The average molecular weight is 265 g/mol. The summed E-state index contributed by atoms with van der Waals surface area (Å²) in [6.45, 7) is 7.26. The lowest BCUT2D eigenvalue weighted by atomic mass is 10.0. The zero-order valence-electron chi connectivity index (χ0n) is 12.6. The maximum Gasteiger partial charge on any atom is 0.237 e. The van der Waals surface area contributed by atoms with Crippen molar-refractivity contribution in [3.05, 3.63) is 0 Å². The van der Waals surface area contributed by atoms with Gasteiger partial charge in [-0.15, -0.1) is 0 Å². The smallest absolute Gasteiger partial charge is 0.237 e. The van der Waals surface area contributed by atoms with Crippen LogP contribution < -0.4 is 0 Å². The molecular formula is C15H27N3O. The average Bonchev–Trinajstić information content (AvgIpc) is 2.72. The van der Waals surface area contributed by atoms with Gasteiger partial charge in [0.1, 0.15) is 6.42 Å². The molecule has 2 unspecified atom stereocenters. The van der Waals surface area contributed by atoms with Crippen LogP contribution in [-0.4, -0.2) is 48.4 Å². The summed E-state index contributed by atoms with van der Waals surface area (Å²) in [6, 6.07) is 2.25. The van der Waals surface area contributed by atoms with Crippen LogP contribution in [0.2, 0.25) is 0 Å². The van der Waals surface area contributed by atoms with Gasteiger partial charge in [0, 0.05) is 19.1 Å². The second-order valence-electron chi connectivity index (χ2n) is 5.72. The molecule has 0 spiro atoms. The molecular weight excluding hydrogens is 238 g/mol. The van der Waals surface area contributed by atoms with Gasteiger partial charge in [-0.3, -0.25) is 4.79 Å². The monoisotopic (exact) mass is 265 g/mol. The highest BCUT2D eigenvalue weighted by atomic mass is 16.2. The SMILES string of the molecule is CCCCCN(C)CC1C(C)CCN1C(=O)CC#N. The second-order valence-corrected chi connectivity index (χ2v) is 5.72. The second kappa shape index (κ2) is 8.16. The summed E-state index contributed by atoms with van der Waals surface area (Å²) >= 11 is 0. The lowest BCUT2D eigenvalue weighted by molar-refractivity contribution is -0.131. The van der Waals surface area contributed by atoms with E-state index in [1.54, 1.807) is 0 Å². The Kier molecular flexibility index (Phi) is 6.86. The van der Waals surface area contributed by atoms with E-state index in [1.165, 1.54) is 19.3 Å². The number of likely N-dealkylation sites (tertiary alicyclic amines) is 1. The fourth-order valence-electron chi connectivity index (χ4n) is 2.81. The molecule has 4 heteroatoms. The van der Waals surface area contributed by atoms with E-state index in [4.69, 9.17) is 5.26 Å². The number of hydrogen-bond acceptors (Lipinski definition) is 3. The zero-order chi connectivity index (χ0) is 14.3. The van der Waals surface area contributed by atoms with Crippen LogP contribution in [0.4, 0.5) is 0 Å². The number of nitriles is 1. The molecule has 2 atom stereocenters. The topological polar surface area (TPSA) is 47.3 Å². The summed E-state index contributed by atoms with van der Waals surface area (Å²) in [5.41, 5.74) is 0. The van der Waals surface area contributed by atoms with E-state index >= 15 is 0 Å². The number of hydrogen-bond donors (Lipinski definition) is 0. The third-order valence-electron chi connectivity index (χ3n) is 4.08. The molecule has 1 aliphatic rings. The van der Waals surface area contributed by atoms with E-state index < -0.39 is 0 Å². The van der Waals surface area contributed by atoms with Crippen molar-refractivity contribution in [3.8, 4) is 6.07 Å². The first kappa shape index (κ1) is 16.0. The van der Waals surface area contributed by atoms with Crippen molar-refractivity contribution < 1.29 is 4.79 Å². The van der Waals surface area contributed by atoms with E-state index in [0.29, 0.717) is 5.92 Å². The quantitative estimate of drug-likeness (QED) is 0.663. The molecule has 0 aromatic heterocycles. The minimum Gasteiger partial charge on any atom is -0.337 e. The first-order valence-electron chi connectivity index (χ1n) is 7.45.